The maximum absolute atomic E-state index is 12.5. The summed E-state index contributed by atoms with van der Waals surface area (Å²) in [6.45, 7) is 5.11. The van der Waals surface area contributed by atoms with Crippen molar-refractivity contribution in [2.45, 2.75) is 50.8 Å². The van der Waals surface area contributed by atoms with Crippen molar-refractivity contribution in [2.24, 2.45) is 5.92 Å². The van der Waals surface area contributed by atoms with Crippen LogP contribution in [0.4, 0.5) is 13.2 Å². The molecule has 26 heavy (non-hydrogen) atoms. The number of methoxy groups -OCH3 is 1. The zero-order valence-corrected chi connectivity index (χ0v) is 15.6. The first-order valence-corrected chi connectivity index (χ1v) is 9.55. The fraction of sp³-hybridized carbons (Fsp3) is 0.944. The highest BCUT2D eigenvalue weighted by atomic mass is 19.4. The molecule has 5 nitrogen and oxygen atoms in total. The van der Waals surface area contributed by atoms with Crippen LogP contribution < -0.4 is 0 Å². The Morgan fingerprint density at radius 2 is 1.96 bits per heavy atom. The van der Waals surface area contributed by atoms with Gasteiger partial charge in [-0.1, -0.05) is 0 Å². The number of hydrogen-bond donors (Lipinski definition) is 0. The number of alkyl halides is 3. The average molecular weight is 380 g/mol. The summed E-state index contributed by atoms with van der Waals surface area (Å²) in [5.74, 6) is -0.0651. The number of nitrogens with zero attached hydrogens (tertiary/aromatic N) is 2. The first-order chi connectivity index (χ1) is 12.4. The molecule has 1 unspecified atom stereocenters. The molecule has 0 saturated carbocycles. The fourth-order valence-corrected chi connectivity index (χ4v) is 3.64. The summed E-state index contributed by atoms with van der Waals surface area (Å²) in [5, 5.41) is 0. The molecule has 0 aliphatic carbocycles. The SMILES string of the molecule is COCCN1CCC(CN(CC2CCCO2)C(=O)CCC(F)(F)F)CC1. The highest BCUT2D eigenvalue weighted by molar-refractivity contribution is 5.76. The van der Waals surface area contributed by atoms with Gasteiger partial charge in [0.15, 0.2) is 0 Å². The molecule has 2 heterocycles. The van der Waals surface area contributed by atoms with Crippen LogP contribution in [0.3, 0.4) is 0 Å². The van der Waals surface area contributed by atoms with E-state index >= 15 is 0 Å². The molecule has 0 aromatic heterocycles. The number of carbonyl (C=O) groups excluding carboxylic acids is 1. The minimum absolute atomic E-state index is 0.0355. The summed E-state index contributed by atoms with van der Waals surface area (Å²) in [6, 6.07) is 0. The average Bonchev–Trinajstić information content (AvgIpc) is 3.11. The van der Waals surface area contributed by atoms with E-state index in [2.05, 4.69) is 4.90 Å². The number of rotatable bonds is 9. The molecular weight excluding hydrogens is 349 g/mol. The molecule has 2 aliphatic rings. The van der Waals surface area contributed by atoms with Crippen LogP contribution in [0.5, 0.6) is 0 Å². The van der Waals surface area contributed by atoms with Crippen LogP contribution in [0, 0.1) is 5.92 Å². The van der Waals surface area contributed by atoms with E-state index in [1.807, 2.05) is 0 Å². The zero-order valence-electron chi connectivity index (χ0n) is 15.6. The summed E-state index contributed by atoms with van der Waals surface area (Å²) >= 11 is 0. The van der Waals surface area contributed by atoms with Gasteiger partial charge in [-0.3, -0.25) is 4.79 Å². The molecular formula is C18H31F3N2O3. The molecule has 1 amide bonds. The predicted octanol–water partition coefficient (Wildman–Crippen LogP) is 2.69. The molecule has 8 heteroatoms. The Balaban J connectivity index is 1.84. The molecule has 0 aromatic rings. The largest absolute Gasteiger partial charge is 0.389 e. The Hall–Kier alpha value is -0.860. The van der Waals surface area contributed by atoms with E-state index in [1.165, 1.54) is 0 Å². The van der Waals surface area contributed by atoms with E-state index in [4.69, 9.17) is 9.47 Å². The van der Waals surface area contributed by atoms with Crippen molar-refractivity contribution in [3.05, 3.63) is 0 Å². The molecule has 2 saturated heterocycles. The van der Waals surface area contributed by atoms with Crippen molar-refractivity contribution in [3.63, 3.8) is 0 Å². The Kier molecular flexibility index (Phi) is 8.63. The Morgan fingerprint density at radius 1 is 1.23 bits per heavy atom. The lowest BCUT2D eigenvalue weighted by molar-refractivity contribution is -0.150. The van der Waals surface area contributed by atoms with Crippen molar-refractivity contribution in [1.82, 2.24) is 9.80 Å². The molecule has 0 aromatic carbocycles. The van der Waals surface area contributed by atoms with Gasteiger partial charge in [0.05, 0.1) is 19.1 Å². The highest BCUT2D eigenvalue weighted by Gasteiger charge is 2.31. The molecule has 1 atom stereocenters. The lowest BCUT2D eigenvalue weighted by Crippen LogP contribution is -2.44. The third kappa shape index (κ3) is 7.80. The van der Waals surface area contributed by atoms with E-state index in [0.717, 1.165) is 45.3 Å². The number of likely N-dealkylation sites (tertiary alicyclic amines) is 1. The molecule has 0 radical (unpaired) electrons. The van der Waals surface area contributed by atoms with Crippen molar-refractivity contribution < 1.29 is 27.4 Å². The second-order valence-corrected chi connectivity index (χ2v) is 7.33. The van der Waals surface area contributed by atoms with Gasteiger partial charge in [-0.25, -0.2) is 0 Å². The maximum atomic E-state index is 12.5. The second-order valence-electron chi connectivity index (χ2n) is 7.33. The van der Waals surface area contributed by atoms with Crippen LogP contribution in [0.15, 0.2) is 0 Å². The maximum Gasteiger partial charge on any atom is 0.389 e. The molecule has 152 valence electrons. The minimum Gasteiger partial charge on any atom is -0.383 e. The normalized spacial score (nSPS) is 22.7. The van der Waals surface area contributed by atoms with Gasteiger partial charge in [-0.15, -0.1) is 0 Å². The van der Waals surface area contributed by atoms with Gasteiger partial charge in [0.25, 0.3) is 0 Å². The van der Waals surface area contributed by atoms with Gasteiger partial charge in [-0.2, -0.15) is 13.2 Å². The van der Waals surface area contributed by atoms with Gasteiger partial charge in [0.1, 0.15) is 0 Å². The lowest BCUT2D eigenvalue weighted by Gasteiger charge is -2.35. The number of amides is 1. The molecule has 2 aliphatic heterocycles. The summed E-state index contributed by atoms with van der Waals surface area (Å²) in [5.41, 5.74) is 0. The van der Waals surface area contributed by atoms with Crippen LogP contribution >= 0.6 is 0 Å². The van der Waals surface area contributed by atoms with Crippen LogP contribution in [0.2, 0.25) is 0 Å². The van der Waals surface area contributed by atoms with Crippen LogP contribution in [-0.2, 0) is 14.3 Å². The molecule has 2 fully saturated rings. The summed E-state index contributed by atoms with van der Waals surface area (Å²) in [4.78, 5) is 16.4. The predicted molar refractivity (Wildman–Crippen MR) is 91.9 cm³/mol. The van der Waals surface area contributed by atoms with Gasteiger partial charge in [0.2, 0.25) is 5.91 Å². The first-order valence-electron chi connectivity index (χ1n) is 9.55. The number of hydrogen-bond acceptors (Lipinski definition) is 4. The summed E-state index contributed by atoms with van der Waals surface area (Å²) in [7, 11) is 1.68. The second kappa shape index (κ2) is 10.5. The Bertz CT molecular complexity index is 420. The van der Waals surface area contributed by atoms with Crippen LogP contribution in [0.25, 0.3) is 0 Å². The van der Waals surface area contributed by atoms with Gasteiger partial charge in [0, 0.05) is 39.8 Å². The van der Waals surface area contributed by atoms with E-state index < -0.39 is 24.9 Å². The molecule has 0 spiro atoms. The van der Waals surface area contributed by atoms with Crippen molar-refractivity contribution in [1.29, 1.82) is 0 Å². The monoisotopic (exact) mass is 380 g/mol. The lowest BCUT2D eigenvalue weighted by atomic mass is 9.95. The van der Waals surface area contributed by atoms with E-state index in [0.29, 0.717) is 32.2 Å². The van der Waals surface area contributed by atoms with Crippen molar-refractivity contribution >= 4 is 5.91 Å². The third-order valence-electron chi connectivity index (χ3n) is 5.22. The zero-order chi connectivity index (χ0) is 19.0. The van der Waals surface area contributed by atoms with Crippen molar-refractivity contribution in [2.75, 3.05) is 53.0 Å². The molecule has 0 bridgehead atoms. The fourth-order valence-electron chi connectivity index (χ4n) is 3.64. The Labute approximate surface area is 153 Å². The minimum atomic E-state index is -4.29. The smallest absolute Gasteiger partial charge is 0.383 e. The number of ether oxygens (including phenoxy) is 2. The molecule has 2 rings (SSSR count). The highest BCUT2D eigenvalue weighted by Crippen LogP contribution is 2.24. The molecule has 0 N–H and O–H groups in total. The first kappa shape index (κ1) is 21.4. The van der Waals surface area contributed by atoms with E-state index in [9.17, 15) is 18.0 Å². The van der Waals surface area contributed by atoms with Gasteiger partial charge < -0.3 is 19.3 Å². The van der Waals surface area contributed by atoms with Crippen LogP contribution in [0.1, 0.15) is 38.5 Å². The number of halogens is 3. The van der Waals surface area contributed by atoms with E-state index in [-0.39, 0.29) is 6.10 Å². The standard InChI is InChI=1S/C18H31F3N2O3/c1-25-12-10-22-8-5-15(6-9-22)13-23(14-16-3-2-11-26-16)17(24)4-7-18(19,20)21/h15-16H,2-14H2,1H3. The van der Waals surface area contributed by atoms with Crippen LogP contribution in [-0.4, -0.2) is 81.0 Å². The van der Waals surface area contributed by atoms with Crippen molar-refractivity contribution in [3.8, 4) is 0 Å². The third-order valence-corrected chi connectivity index (χ3v) is 5.22. The summed E-state index contributed by atoms with van der Waals surface area (Å²) in [6.07, 6.45) is -2.11. The topological polar surface area (TPSA) is 42.0 Å². The van der Waals surface area contributed by atoms with E-state index in [1.54, 1.807) is 12.0 Å². The quantitative estimate of drug-likeness (QED) is 0.617. The van der Waals surface area contributed by atoms with Gasteiger partial charge >= 0.3 is 6.18 Å². The summed E-state index contributed by atoms with van der Waals surface area (Å²) < 4.78 is 48.1. The number of piperidine rings is 1. The van der Waals surface area contributed by atoms with Gasteiger partial charge in [-0.05, 0) is 44.7 Å². The number of carbonyl (C=O) groups is 1. The Morgan fingerprint density at radius 3 is 2.54 bits per heavy atom.